The van der Waals surface area contributed by atoms with Crippen LogP contribution in [0.1, 0.15) is 46.5 Å². The van der Waals surface area contributed by atoms with Gasteiger partial charge in [0.05, 0.1) is 14.2 Å². The predicted molar refractivity (Wildman–Crippen MR) is 102 cm³/mol. The Balaban J connectivity index is 2.15. The molecule has 1 aliphatic rings. The van der Waals surface area contributed by atoms with Crippen molar-refractivity contribution in [2.75, 3.05) is 26.1 Å². The van der Waals surface area contributed by atoms with Crippen molar-refractivity contribution in [3.05, 3.63) is 18.2 Å². The molecule has 2 amide bonds. The molecule has 1 fully saturated rings. The third-order valence-electron chi connectivity index (χ3n) is 5.10. The van der Waals surface area contributed by atoms with Gasteiger partial charge in [0.25, 0.3) is 0 Å². The summed E-state index contributed by atoms with van der Waals surface area (Å²) in [6.45, 7) is 6.19. The van der Waals surface area contributed by atoms with Crippen LogP contribution in [0.2, 0.25) is 0 Å². The molecule has 2 rings (SSSR count). The van der Waals surface area contributed by atoms with Crippen molar-refractivity contribution >= 4 is 17.5 Å². The summed E-state index contributed by atoms with van der Waals surface area (Å²) in [6, 6.07) is 5.37. The molecule has 1 aromatic carbocycles. The van der Waals surface area contributed by atoms with Crippen molar-refractivity contribution in [3.63, 3.8) is 0 Å². The Morgan fingerprint density at radius 3 is 2.50 bits per heavy atom. The van der Waals surface area contributed by atoms with E-state index in [4.69, 9.17) is 9.47 Å². The molecule has 0 aromatic heterocycles. The molecule has 6 heteroatoms. The zero-order chi connectivity index (χ0) is 19.3. The van der Waals surface area contributed by atoms with Crippen LogP contribution in [0.5, 0.6) is 11.5 Å². The van der Waals surface area contributed by atoms with E-state index in [0.717, 1.165) is 32.2 Å². The highest BCUT2D eigenvalue weighted by molar-refractivity contribution is 6.10. The van der Waals surface area contributed by atoms with Gasteiger partial charge in [0.15, 0.2) is 11.5 Å². The topological polar surface area (TPSA) is 67.9 Å². The molecule has 1 unspecified atom stereocenters. The first-order valence-electron chi connectivity index (χ1n) is 9.19. The van der Waals surface area contributed by atoms with Crippen LogP contribution in [0.3, 0.4) is 0 Å². The van der Waals surface area contributed by atoms with E-state index in [1.165, 1.54) is 7.11 Å². The molecule has 0 radical (unpaired) electrons. The van der Waals surface area contributed by atoms with Crippen LogP contribution in [0.15, 0.2) is 18.2 Å². The van der Waals surface area contributed by atoms with E-state index >= 15 is 0 Å². The lowest BCUT2D eigenvalue weighted by molar-refractivity contribution is -0.149. The van der Waals surface area contributed by atoms with E-state index in [2.05, 4.69) is 12.2 Å². The number of carbonyl (C=O) groups is 2. The Kier molecular flexibility index (Phi) is 6.51. The Hall–Kier alpha value is -2.24. The number of likely N-dealkylation sites (tertiary alicyclic amines) is 1. The number of hydrogen-bond donors (Lipinski definition) is 1. The highest BCUT2D eigenvalue weighted by atomic mass is 16.5. The zero-order valence-electron chi connectivity index (χ0n) is 16.4. The van der Waals surface area contributed by atoms with Crippen molar-refractivity contribution in [3.8, 4) is 11.5 Å². The summed E-state index contributed by atoms with van der Waals surface area (Å²) in [7, 11) is 3.10. The molecule has 1 heterocycles. The minimum absolute atomic E-state index is 0.109. The van der Waals surface area contributed by atoms with Gasteiger partial charge in [-0.3, -0.25) is 9.59 Å². The largest absolute Gasteiger partial charge is 0.493 e. The van der Waals surface area contributed by atoms with Crippen molar-refractivity contribution in [2.45, 2.75) is 52.5 Å². The van der Waals surface area contributed by atoms with Crippen LogP contribution < -0.4 is 14.8 Å². The number of rotatable bonds is 6. The maximum atomic E-state index is 13.1. The minimum Gasteiger partial charge on any atom is -0.493 e. The van der Waals surface area contributed by atoms with Crippen LogP contribution in [-0.4, -0.2) is 43.5 Å². The van der Waals surface area contributed by atoms with Gasteiger partial charge in [-0.2, -0.15) is 0 Å². The molecule has 1 N–H and O–H groups in total. The zero-order valence-corrected chi connectivity index (χ0v) is 16.4. The van der Waals surface area contributed by atoms with Gasteiger partial charge in [-0.05, 0) is 51.7 Å². The second-order valence-electron chi connectivity index (χ2n) is 7.21. The van der Waals surface area contributed by atoms with Gasteiger partial charge < -0.3 is 19.7 Å². The fourth-order valence-electron chi connectivity index (χ4n) is 3.35. The van der Waals surface area contributed by atoms with Gasteiger partial charge in [-0.25, -0.2) is 0 Å². The Labute approximate surface area is 155 Å². The summed E-state index contributed by atoms with van der Waals surface area (Å²) in [6.07, 6.45) is 4.06. The Morgan fingerprint density at radius 2 is 1.88 bits per heavy atom. The van der Waals surface area contributed by atoms with Crippen LogP contribution >= 0.6 is 0 Å². The summed E-state index contributed by atoms with van der Waals surface area (Å²) in [4.78, 5) is 27.8. The van der Waals surface area contributed by atoms with Crippen molar-refractivity contribution in [1.29, 1.82) is 0 Å². The lowest BCUT2D eigenvalue weighted by Crippen LogP contribution is -2.52. The molecule has 1 aromatic rings. The third kappa shape index (κ3) is 4.11. The normalized spacial score (nSPS) is 17.6. The summed E-state index contributed by atoms with van der Waals surface area (Å²) in [5, 5.41) is 2.84. The number of benzene rings is 1. The van der Waals surface area contributed by atoms with Crippen molar-refractivity contribution in [2.24, 2.45) is 5.41 Å². The first-order chi connectivity index (χ1) is 12.3. The fraction of sp³-hybridized carbons (Fsp3) is 0.600. The van der Waals surface area contributed by atoms with Gasteiger partial charge in [-0.15, -0.1) is 0 Å². The van der Waals surface area contributed by atoms with E-state index in [1.54, 1.807) is 39.2 Å². The van der Waals surface area contributed by atoms with E-state index in [0.29, 0.717) is 17.2 Å². The molecule has 0 spiro atoms. The molecule has 1 atom stereocenters. The van der Waals surface area contributed by atoms with Crippen molar-refractivity contribution in [1.82, 2.24) is 4.90 Å². The maximum Gasteiger partial charge on any atom is 0.239 e. The van der Waals surface area contributed by atoms with Crippen LogP contribution in [0.25, 0.3) is 0 Å². The SMILES string of the molecule is CCC1CCCCN1C(=O)C(C)(C)C(=O)Nc1ccc(OC)c(OC)c1. The number of anilines is 1. The second-order valence-corrected chi connectivity index (χ2v) is 7.21. The average Bonchev–Trinajstić information content (AvgIpc) is 2.66. The molecule has 0 aliphatic carbocycles. The van der Waals surface area contributed by atoms with E-state index < -0.39 is 5.41 Å². The molecule has 0 bridgehead atoms. The predicted octanol–water partition coefficient (Wildman–Crippen LogP) is 3.46. The number of nitrogens with zero attached hydrogens (tertiary/aromatic N) is 1. The van der Waals surface area contributed by atoms with E-state index in [-0.39, 0.29) is 17.9 Å². The fourth-order valence-corrected chi connectivity index (χ4v) is 3.35. The summed E-state index contributed by atoms with van der Waals surface area (Å²) in [5.74, 6) is 0.675. The van der Waals surface area contributed by atoms with Gasteiger partial charge in [0.1, 0.15) is 5.41 Å². The average molecular weight is 362 g/mol. The Bertz CT molecular complexity index is 657. The lowest BCUT2D eigenvalue weighted by atomic mass is 9.87. The quantitative estimate of drug-likeness (QED) is 0.787. The molecule has 26 heavy (non-hydrogen) atoms. The smallest absolute Gasteiger partial charge is 0.239 e. The molecule has 6 nitrogen and oxygen atoms in total. The van der Waals surface area contributed by atoms with Crippen LogP contribution in [0.4, 0.5) is 5.69 Å². The summed E-state index contributed by atoms with van der Waals surface area (Å²) >= 11 is 0. The molecule has 1 aliphatic heterocycles. The standard InChI is InChI=1S/C20H30N2O4/c1-6-15-9-7-8-12-22(15)19(24)20(2,3)18(23)21-14-10-11-16(25-4)17(13-14)26-5/h10-11,13,15H,6-9,12H2,1-5H3,(H,21,23). The summed E-state index contributed by atoms with van der Waals surface area (Å²) < 4.78 is 10.5. The molecular weight excluding hydrogens is 332 g/mol. The number of ether oxygens (including phenoxy) is 2. The lowest BCUT2D eigenvalue weighted by Gasteiger charge is -2.39. The number of methoxy groups -OCH3 is 2. The maximum absolute atomic E-state index is 13.1. The van der Waals surface area contributed by atoms with Gasteiger partial charge in [0.2, 0.25) is 11.8 Å². The first-order valence-corrected chi connectivity index (χ1v) is 9.19. The number of nitrogens with one attached hydrogen (secondary N) is 1. The Morgan fingerprint density at radius 1 is 1.19 bits per heavy atom. The number of amides is 2. The highest BCUT2D eigenvalue weighted by Crippen LogP contribution is 2.32. The summed E-state index contributed by atoms with van der Waals surface area (Å²) in [5.41, 5.74) is -0.572. The van der Waals surface area contributed by atoms with Crippen molar-refractivity contribution < 1.29 is 19.1 Å². The molecular formula is C20H30N2O4. The van der Waals surface area contributed by atoms with E-state index in [1.807, 2.05) is 4.90 Å². The first kappa shape index (κ1) is 20.1. The minimum atomic E-state index is -1.14. The van der Waals surface area contributed by atoms with Crippen LogP contribution in [-0.2, 0) is 9.59 Å². The van der Waals surface area contributed by atoms with Gasteiger partial charge >= 0.3 is 0 Å². The monoisotopic (exact) mass is 362 g/mol. The number of carbonyl (C=O) groups excluding carboxylic acids is 2. The van der Waals surface area contributed by atoms with Gasteiger partial charge in [0, 0.05) is 24.3 Å². The molecule has 144 valence electrons. The van der Waals surface area contributed by atoms with Gasteiger partial charge in [-0.1, -0.05) is 6.92 Å². The second kappa shape index (κ2) is 8.43. The van der Waals surface area contributed by atoms with Crippen LogP contribution in [0, 0.1) is 5.41 Å². The third-order valence-corrected chi connectivity index (χ3v) is 5.10. The molecule has 1 saturated heterocycles. The number of hydrogen-bond acceptors (Lipinski definition) is 4. The van der Waals surface area contributed by atoms with E-state index in [9.17, 15) is 9.59 Å². The molecule has 0 saturated carbocycles. The highest BCUT2D eigenvalue weighted by Gasteiger charge is 2.41. The number of piperidine rings is 1.